The van der Waals surface area contributed by atoms with Gasteiger partial charge in [-0.2, -0.15) is 0 Å². The summed E-state index contributed by atoms with van der Waals surface area (Å²) >= 11 is 0. The zero-order chi connectivity index (χ0) is 18.9. The number of rotatable bonds is 8. The van der Waals surface area contributed by atoms with Crippen LogP contribution in [0.4, 0.5) is 0 Å². The number of nitrogens with one attached hydrogen (secondary N) is 1. The first-order valence-electron chi connectivity index (χ1n) is 8.36. The molecule has 0 aromatic heterocycles. The molecule has 0 saturated carbocycles. The van der Waals surface area contributed by atoms with Crippen LogP contribution >= 0.6 is 0 Å². The second-order valence-electron chi connectivity index (χ2n) is 5.76. The Morgan fingerprint density at radius 3 is 2.42 bits per heavy atom. The summed E-state index contributed by atoms with van der Waals surface area (Å²) in [5.74, 6) is -1.35. The highest BCUT2D eigenvalue weighted by molar-refractivity contribution is 6.09. The molecule has 0 spiro atoms. The molecule has 2 aromatic carbocycles. The summed E-state index contributed by atoms with van der Waals surface area (Å²) in [4.78, 5) is 35.7. The molecule has 0 heterocycles. The van der Waals surface area contributed by atoms with Crippen LogP contribution in [-0.4, -0.2) is 37.4 Å². The molecule has 0 aliphatic carbocycles. The summed E-state index contributed by atoms with van der Waals surface area (Å²) in [6.07, 6.45) is 0. The highest BCUT2D eigenvalue weighted by Gasteiger charge is 2.18. The van der Waals surface area contributed by atoms with Crippen LogP contribution < -0.4 is 11.1 Å². The maximum absolute atomic E-state index is 12.5. The largest absolute Gasteiger partial charge is 0.463 e. The average Bonchev–Trinajstić information content (AvgIpc) is 2.70. The second-order valence-corrected chi connectivity index (χ2v) is 5.76. The van der Waals surface area contributed by atoms with Crippen LogP contribution in [0.25, 0.3) is 0 Å². The summed E-state index contributed by atoms with van der Waals surface area (Å²) in [6.45, 7) is 1.89. The molecule has 136 valence electrons. The van der Waals surface area contributed by atoms with E-state index in [2.05, 4.69) is 5.32 Å². The third kappa shape index (κ3) is 5.26. The molecule has 0 fully saturated rings. The van der Waals surface area contributed by atoms with Gasteiger partial charge < -0.3 is 15.8 Å². The van der Waals surface area contributed by atoms with Crippen molar-refractivity contribution >= 4 is 17.7 Å². The van der Waals surface area contributed by atoms with Crippen molar-refractivity contribution in [1.29, 1.82) is 0 Å². The van der Waals surface area contributed by atoms with Gasteiger partial charge in [0.05, 0.1) is 19.0 Å². The van der Waals surface area contributed by atoms with Crippen LogP contribution in [0.3, 0.4) is 0 Å². The Morgan fingerprint density at radius 1 is 1.04 bits per heavy atom. The molecule has 0 aliphatic rings. The highest BCUT2D eigenvalue weighted by Crippen LogP contribution is 2.20. The number of nitrogens with two attached hydrogens (primary N) is 1. The van der Waals surface area contributed by atoms with Crippen molar-refractivity contribution < 1.29 is 19.1 Å². The SMILES string of the molecule is C[C@@H](C(=O)OCCNC(=O)CN)c1cccc(C(=O)c2ccccc2)c1. The van der Waals surface area contributed by atoms with Gasteiger partial charge in [0.15, 0.2) is 5.78 Å². The molecule has 6 heteroatoms. The molecular weight excluding hydrogens is 332 g/mol. The first kappa shape index (κ1) is 19.3. The molecular formula is C20H22N2O4. The number of amides is 1. The van der Waals surface area contributed by atoms with Crippen molar-refractivity contribution in [1.82, 2.24) is 5.32 Å². The maximum atomic E-state index is 12.5. The van der Waals surface area contributed by atoms with E-state index in [-0.39, 0.29) is 31.4 Å². The van der Waals surface area contributed by atoms with Gasteiger partial charge >= 0.3 is 5.97 Å². The van der Waals surface area contributed by atoms with Crippen LogP contribution in [0.1, 0.15) is 34.3 Å². The predicted octanol–water partition coefficient (Wildman–Crippen LogP) is 1.64. The van der Waals surface area contributed by atoms with E-state index in [1.807, 2.05) is 6.07 Å². The third-order valence-corrected chi connectivity index (χ3v) is 3.89. The van der Waals surface area contributed by atoms with Crippen LogP contribution in [0.2, 0.25) is 0 Å². The molecule has 1 atom stereocenters. The van der Waals surface area contributed by atoms with E-state index in [0.717, 1.165) is 0 Å². The van der Waals surface area contributed by atoms with Crippen LogP contribution in [0, 0.1) is 0 Å². The van der Waals surface area contributed by atoms with E-state index in [1.165, 1.54) is 0 Å². The van der Waals surface area contributed by atoms with E-state index < -0.39 is 11.9 Å². The molecule has 3 N–H and O–H groups in total. The Labute approximate surface area is 152 Å². The lowest BCUT2D eigenvalue weighted by Gasteiger charge is -2.13. The second kappa shape index (κ2) is 9.48. The van der Waals surface area contributed by atoms with Gasteiger partial charge in [-0.3, -0.25) is 14.4 Å². The zero-order valence-electron chi connectivity index (χ0n) is 14.6. The average molecular weight is 354 g/mol. The fraction of sp³-hybridized carbons (Fsp3) is 0.250. The predicted molar refractivity (Wildman–Crippen MR) is 97.8 cm³/mol. The van der Waals surface area contributed by atoms with Crippen molar-refractivity contribution in [3.63, 3.8) is 0 Å². The lowest BCUT2D eigenvalue weighted by atomic mass is 9.96. The quantitative estimate of drug-likeness (QED) is 0.427. The van der Waals surface area contributed by atoms with Gasteiger partial charge in [-0.25, -0.2) is 0 Å². The summed E-state index contributed by atoms with van der Waals surface area (Å²) in [6, 6.07) is 15.9. The van der Waals surface area contributed by atoms with Crippen LogP contribution in [-0.2, 0) is 14.3 Å². The Kier molecular flexibility index (Phi) is 7.05. The number of hydrogen-bond acceptors (Lipinski definition) is 5. The van der Waals surface area contributed by atoms with Gasteiger partial charge in [0.25, 0.3) is 0 Å². The van der Waals surface area contributed by atoms with Crippen molar-refractivity contribution in [2.75, 3.05) is 19.7 Å². The Balaban J connectivity index is 1.99. The Morgan fingerprint density at radius 2 is 1.73 bits per heavy atom. The fourth-order valence-corrected chi connectivity index (χ4v) is 2.38. The number of benzene rings is 2. The molecule has 6 nitrogen and oxygen atoms in total. The van der Waals surface area contributed by atoms with Gasteiger partial charge in [0.2, 0.25) is 5.91 Å². The molecule has 0 radical (unpaired) electrons. The smallest absolute Gasteiger partial charge is 0.313 e. The van der Waals surface area contributed by atoms with Crippen LogP contribution in [0.5, 0.6) is 0 Å². The zero-order valence-corrected chi connectivity index (χ0v) is 14.6. The monoisotopic (exact) mass is 354 g/mol. The molecule has 0 unspecified atom stereocenters. The van der Waals surface area contributed by atoms with E-state index in [4.69, 9.17) is 10.5 Å². The minimum Gasteiger partial charge on any atom is -0.463 e. The van der Waals surface area contributed by atoms with E-state index in [9.17, 15) is 14.4 Å². The summed E-state index contributed by atoms with van der Waals surface area (Å²) < 4.78 is 5.16. The van der Waals surface area contributed by atoms with E-state index in [0.29, 0.717) is 16.7 Å². The van der Waals surface area contributed by atoms with Gasteiger partial charge in [0.1, 0.15) is 6.61 Å². The molecule has 2 aromatic rings. The van der Waals surface area contributed by atoms with Gasteiger partial charge in [0, 0.05) is 11.1 Å². The lowest BCUT2D eigenvalue weighted by Crippen LogP contribution is -2.33. The summed E-state index contributed by atoms with van der Waals surface area (Å²) in [5.41, 5.74) is 6.98. The number of ether oxygens (including phenoxy) is 1. The molecule has 0 saturated heterocycles. The number of ketones is 1. The first-order valence-corrected chi connectivity index (χ1v) is 8.36. The van der Waals surface area contributed by atoms with Crippen molar-refractivity contribution in [3.8, 4) is 0 Å². The van der Waals surface area contributed by atoms with Gasteiger partial charge in [-0.1, -0.05) is 48.5 Å². The number of carbonyl (C=O) groups excluding carboxylic acids is 3. The number of esters is 1. The standard InChI is InChI=1S/C20H22N2O4/c1-14(20(25)26-11-10-22-18(23)13-21)16-8-5-9-17(12-16)19(24)15-6-3-2-4-7-15/h2-9,12,14H,10-11,13,21H2,1H3,(H,22,23)/t14-/m1/s1. The molecule has 26 heavy (non-hydrogen) atoms. The summed E-state index contributed by atoms with van der Waals surface area (Å²) in [5, 5.41) is 2.52. The van der Waals surface area contributed by atoms with Gasteiger partial charge in [-0.15, -0.1) is 0 Å². The third-order valence-electron chi connectivity index (χ3n) is 3.89. The van der Waals surface area contributed by atoms with E-state index >= 15 is 0 Å². The topological polar surface area (TPSA) is 98.5 Å². The normalized spacial score (nSPS) is 11.5. The lowest BCUT2D eigenvalue weighted by molar-refractivity contribution is -0.145. The van der Waals surface area contributed by atoms with Crippen molar-refractivity contribution in [2.24, 2.45) is 5.73 Å². The van der Waals surface area contributed by atoms with Crippen molar-refractivity contribution in [2.45, 2.75) is 12.8 Å². The molecule has 1 amide bonds. The summed E-state index contributed by atoms with van der Waals surface area (Å²) in [7, 11) is 0. The fourth-order valence-electron chi connectivity index (χ4n) is 2.38. The number of carbonyl (C=O) groups is 3. The Bertz CT molecular complexity index is 774. The first-order chi connectivity index (χ1) is 12.5. The van der Waals surface area contributed by atoms with Gasteiger partial charge in [-0.05, 0) is 18.6 Å². The molecule has 2 rings (SSSR count). The minimum absolute atomic E-state index is 0.0670. The number of hydrogen-bond donors (Lipinski definition) is 2. The van der Waals surface area contributed by atoms with E-state index in [1.54, 1.807) is 55.5 Å². The Hall–Kier alpha value is -2.99. The van der Waals surface area contributed by atoms with Crippen LogP contribution in [0.15, 0.2) is 54.6 Å². The minimum atomic E-state index is -0.524. The molecule has 0 bridgehead atoms. The maximum Gasteiger partial charge on any atom is 0.313 e. The highest BCUT2D eigenvalue weighted by atomic mass is 16.5. The molecule has 0 aliphatic heterocycles. The van der Waals surface area contributed by atoms with Crippen molar-refractivity contribution in [3.05, 3.63) is 71.3 Å².